The number of amides is 1. The number of benzene rings is 2. The van der Waals surface area contributed by atoms with Crippen molar-refractivity contribution in [2.45, 2.75) is 32.1 Å². The van der Waals surface area contributed by atoms with Crippen molar-refractivity contribution < 1.29 is 9.18 Å². The Labute approximate surface area is 160 Å². The minimum absolute atomic E-state index is 0.112. The summed E-state index contributed by atoms with van der Waals surface area (Å²) in [6.45, 7) is 2.70. The first-order chi connectivity index (χ1) is 12.7. The fourth-order valence-electron chi connectivity index (χ4n) is 2.69. The second kappa shape index (κ2) is 9.14. The van der Waals surface area contributed by atoms with Crippen LogP contribution in [-0.2, 0) is 17.1 Å². The zero-order valence-corrected chi connectivity index (χ0v) is 16.3. The van der Waals surface area contributed by atoms with E-state index in [9.17, 15) is 9.18 Å². The molecule has 6 heteroatoms. The summed E-state index contributed by atoms with van der Waals surface area (Å²) in [7, 11) is 0. The number of hydrogen-bond acceptors (Lipinski definition) is 3. The van der Waals surface area contributed by atoms with Crippen LogP contribution in [0.15, 0.2) is 53.5 Å². The fourth-order valence-corrected chi connectivity index (χ4v) is 4.75. The van der Waals surface area contributed by atoms with Crippen LogP contribution < -0.4 is 4.80 Å². The van der Waals surface area contributed by atoms with Crippen molar-refractivity contribution in [3.8, 4) is 0 Å². The van der Waals surface area contributed by atoms with Crippen molar-refractivity contribution in [1.29, 1.82) is 0 Å². The lowest BCUT2D eigenvalue weighted by molar-refractivity contribution is -0.118. The molecule has 3 rings (SSSR count). The molecule has 0 spiro atoms. The molecule has 0 aliphatic rings. The van der Waals surface area contributed by atoms with Gasteiger partial charge in [0.15, 0.2) is 4.80 Å². The van der Waals surface area contributed by atoms with Gasteiger partial charge >= 0.3 is 0 Å². The zero-order chi connectivity index (χ0) is 18.4. The lowest BCUT2D eigenvalue weighted by Gasteiger charge is -2.01. The summed E-state index contributed by atoms with van der Waals surface area (Å²) in [6, 6.07) is 15.0. The highest BCUT2D eigenvalue weighted by Crippen LogP contribution is 2.19. The first kappa shape index (κ1) is 18.9. The average molecular weight is 389 g/mol. The summed E-state index contributed by atoms with van der Waals surface area (Å²) in [5.74, 6) is 1.51. The molecule has 0 aliphatic carbocycles. The summed E-state index contributed by atoms with van der Waals surface area (Å²) in [5.41, 5.74) is 2.22. The summed E-state index contributed by atoms with van der Waals surface area (Å²) in [4.78, 5) is 17.1. The molecular formula is C20H21FN2OS2. The maximum Gasteiger partial charge on any atom is 0.248 e. The van der Waals surface area contributed by atoms with Crippen LogP contribution >= 0.6 is 23.1 Å². The molecule has 0 saturated heterocycles. The van der Waals surface area contributed by atoms with E-state index >= 15 is 0 Å². The van der Waals surface area contributed by atoms with Gasteiger partial charge in [0.05, 0.1) is 10.2 Å². The smallest absolute Gasteiger partial charge is 0.248 e. The maximum atomic E-state index is 13.4. The van der Waals surface area contributed by atoms with Gasteiger partial charge < -0.3 is 4.57 Å². The SMILES string of the molecule is CCn1c(=NC(=O)CCCSCc2ccccc2)sc2cc(F)ccc21. The van der Waals surface area contributed by atoms with Crippen LogP contribution in [0.3, 0.4) is 0 Å². The van der Waals surface area contributed by atoms with E-state index in [0.29, 0.717) is 17.8 Å². The minimum Gasteiger partial charge on any atom is -0.317 e. The molecule has 1 aromatic heterocycles. The number of rotatable bonds is 7. The van der Waals surface area contributed by atoms with Gasteiger partial charge in [-0.2, -0.15) is 16.8 Å². The molecule has 0 radical (unpaired) electrons. The molecule has 0 N–H and O–H groups in total. The highest BCUT2D eigenvalue weighted by molar-refractivity contribution is 7.98. The summed E-state index contributed by atoms with van der Waals surface area (Å²) in [6.07, 6.45) is 1.25. The van der Waals surface area contributed by atoms with Gasteiger partial charge in [0.1, 0.15) is 5.82 Å². The summed E-state index contributed by atoms with van der Waals surface area (Å²) in [5, 5.41) is 0. The molecule has 0 unspecified atom stereocenters. The van der Waals surface area contributed by atoms with Crippen molar-refractivity contribution in [3.63, 3.8) is 0 Å². The number of nitrogens with zero attached hydrogens (tertiary/aromatic N) is 2. The van der Waals surface area contributed by atoms with Gasteiger partial charge in [0.25, 0.3) is 0 Å². The second-order valence-electron chi connectivity index (χ2n) is 5.89. The predicted octanol–water partition coefficient (Wildman–Crippen LogP) is 5.00. The number of fused-ring (bicyclic) bond motifs is 1. The van der Waals surface area contributed by atoms with Crippen LogP contribution in [0.2, 0.25) is 0 Å². The van der Waals surface area contributed by atoms with Crippen LogP contribution in [0.1, 0.15) is 25.3 Å². The lowest BCUT2D eigenvalue weighted by Crippen LogP contribution is -2.15. The number of aromatic nitrogens is 1. The zero-order valence-electron chi connectivity index (χ0n) is 14.7. The Balaban J connectivity index is 1.57. The molecule has 136 valence electrons. The number of hydrogen-bond donors (Lipinski definition) is 0. The van der Waals surface area contributed by atoms with E-state index in [1.165, 1.54) is 29.0 Å². The van der Waals surface area contributed by atoms with E-state index in [2.05, 4.69) is 17.1 Å². The van der Waals surface area contributed by atoms with Crippen LogP contribution in [0.25, 0.3) is 10.2 Å². The number of thiazole rings is 1. The van der Waals surface area contributed by atoms with Gasteiger partial charge in [-0.25, -0.2) is 4.39 Å². The predicted molar refractivity (Wildman–Crippen MR) is 108 cm³/mol. The third-order valence-corrected chi connectivity index (χ3v) is 6.13. The van der Waals surface area contributed by atoms with Gasteiger partial charge in [0.2, 0.25) is 5.91 Å². The van der Waals surface area contributed by atoms with Crippen LogP contribution in [0.4, 0.5) is 4.39 Å². The molecule has 3 nitrogen and oxygen atoms in total. The van der Waals surface area contributed by atoms with Crippen LogP contribution in [0, 0.1) is 5.82 Å². The monoisotopic (exact) mass is 388 g/mol. The van der Waals surface area contributed by atoms with Gasteiger partial charge in [-0.05, 0) is 42.9 Å². The van der Waals surface area contributed by atoms with Crippen molar-refractivity contribution in [1.82, 2.24) is 4.57 Å². The highest BCUT2D eigenvalue weighted by Gasteiger charge is 2.07. The van der Waals surface area contributed by atoms with Crippen molar-refractivity contribution in [3.05, 3.63) is 64.7 Å². The topological polar surface area (TPSA) is 34.4 Å². The Hall–Kier alpha value is -1.92. The molecule has 0 atom stereocenters. The number of thioether (sulfide) groups is 1. The number of carbonyl (C=O) groups is 1. The van der Waals surface area contributed by atoms with Gasteiger partial charge in [-0.3, -0.25) is 4.79 Å². The van der Waals surface area contributed by atoms with E-state index in [0.717, 1.165) is 28.1 Å². The molecule has 26 heavy (non-hydrogen) atoms. The molecule has 0 fully saturated rings. The van der Waals surface area contributed by atoms with Crippen LogP contribution in [0.5, 0.6) is 0 Å². The molecule has 1 amide bonds. The number of carbonyl (C=O) groups excluding carboxylic acids is 1. The first-order valence-electron chi connectivity index (χ1n) is 8.65. The summed E-state index contributed by atoms with van der Waals surface area (Å²) >= 11 is 3.19. The van der Waals surface area contributed by atoms with Crippen molar-refractivity contribution in [2.75, 3.05) is 5.75 Å². The van der Waals surface area contributed by atoms with E-state index in [1.54, 1.807) is 6.07 Å². The normalized spacial score (nSPS) is 12.0. The highest BCUT2D eigenvalue weighted by atomic mass is 32.2. The largest absolute Gasteiger partial charge is 0.317 e. The number of aryl methyl sites for hydroxylation is 1. The van der Waals surface area contributed by atoms with Gasteiger partial charge in [-0.15, -0.1) is 0 Å². The molecule has 0 bridgehead atoms. The Morgan fingerprint density at radius 3 is 2.81 bits per heavy atom. The molecule has 0 saturated carbocycles. The van der Waals surface area contributed by atoms with Crippen LogP contribution in [-0.4, -0.2) is 16.2 Å². The molecule has 1 heterocycles. The Bertz CT molecular complexity index is 947. The third kappa shape index (κ3) is 4.83. The van der Waals surface area contributed by atoms with Gasteiger partial charge in [-0.1, -0.05) is 41.7 Å². The van der Waals surface area contributed by atoms with E-state index in [1.807, 2.05) is 41.5 Å². The molecular weight excluding hydrogens is 367 g/mol. The number of halogens is 1. The second-order valence-corrected chi connectivity index (χ2v) is 8.00. The molecule has 0 aliphatic heterocycles. The Morgan fingerprint density at radius 1 is 1.23 bits per heavy atom. The maximum absolute atomic E-state index is 13.4. The Morgan fingerprint density at radius 2 is 2.04 bits per heavy atom. The van der Waals surface area contributed by atoms with Gasteiger partial charge in [0, 0.05) is 18.7 Å². The van der Waals surface area contributed by atoms with Crippen molar-refractivity contribution >= 4 is 39.2 Å². The standard InChI is InChI=1S/C20H21FN2OS2/c1-2-23-17-11-10-16(21)13-18(17)26-20(23)22-19(24)9-6-12-25-14-15-7-4-3-5-8-15/h3-5,7-8,10-11,13H,2,6,9,12,14H2,1H3. The quantitative estimate of drug-likeness (QED) is 0.534. The van der Waals surface area contributed by atoms with E-state index < -0.39 is 0 Å². The lowest BCUT2D eigenvalue weighted by atomic mass is 10.2. The minimum atomic E-state index is -0.268. The fraction of sp³-hybridized carbons (Fsp3) is 0.300. The first-order valence-corrected chi connectivity index (χ1v) is 10.6. The summed E-state index contributed by atoms with van der Waals surface area (Å²) < 4.78 is 16.2. The third-order valence-electron chi connectivity index (χ3n) is 3.97. The average Bonchev–Trinajstić information content (AvgIpc) is 2.98. The van der Waals surface area contributed by atoms with E-state index in [4.69, 9.17) is 0 Å². The van der Waals surface area contributed by atoms with Crippen molar-refractivity contribution in [2.24, 2.45) is 4.99 Å². The molecule has 3 aromatic rings. The Kier molecular flexibility index (Phi) is 6.63. The van der Waals surface area contributed by atoms with E-state index in [-0.39, 0.29) is 11.7 Å². The molecule has 2 aromatic carbocycles.